The molecule has 0 atom stereocenters. The lowest BCUT2D eigenvalue weighted by Gasteiger charge is -2.18. The van der Waals surface area contributed by atoms with E-state index in [2.05, 4.69) is 26.3 Å². The molecule has 0 fully saturated rings. The Labute approximate surface area is 452 Å². The quantitative estimate of drug-likeness (QED) is 0.0141. The fourth-order valence-electron chi connectivity index (χ4n) is 6.92. The topological polar surface area (TPSA) is 185 Å². The molecule has 0 N–H and O–H groups in total. The Kier molecular flexibility index (Phi) is 26.3. The van der Waals surface area contributed by atoms with Gasteiger partial charge < -0.3 is 42.6 Å². The molecule has 0 aromatic heterocycles. The summed E-state index contributed by atoms with van der Waals surface area (Å²) in [5, 5.41) is 0. The molecule has 0 saturated carbocycles. The number of carbonyl (C=O) groups is 6. The highest BCUT2D eigenvalue weighted by molar-refractivity contribution is 5.92. The van der Waals surface area contributed by atoms with E-state index >= 15 is 0 Å². The van der Waals surface area contributed by atoms with Crippen LogP contribution in [-0.2, 0) is 42.9 Å². The average molecular weight is 1060 g/mol. The van der Waals surface area contributed by atoms with Crippen molar-refractivity contribution in [2.24, 2.45) is 5.92 Å². The number of rotatable bonds is 34. The maximum Gasteiger partial charge on any atom is 0.343 e. The number of esters is 6. The first-order valence-electron chi connectivity index (χ1n) is 25.7. The molecule has 4 aromatic carbocycles. The van der Waals surface area contributed by atoms with Crippen LogP contribution in [0.25, 0.3) is 17.2 Å². The van der Waals surface area contributed by atoms with Crippen LogP contribution in [0.15, 0.2) is 140 Å². The Morgan fingerprint density at radius 3 is 1.45 bits per heavy atom. The zero-order valence-corrected chi connectivity index (χ0v) is 45.1. The molecule has 77 heavy (non-hydrogen) atoms. The van der Waals surface area contributed by atoms with Gasteiger partial charge in [0.25, 0.3) is 0 Å². The minimum atomic E-state index is -0.623. The van der Waals surface area contributed by atoms with Crippen LogP contribution in [-0.4, -0.2) is 82.1 Å². The van der Waals surface area contributed by atoms with Crippen molar-refractivity contribution in [1.29, 1.82) is 0 Å². The van der Waals surface area contributed by atoms with Crippen molar-refractivity contribution in [3.63, 3.8) is 0 Å². The van der Waals surface area contributed by atoms with Crippen LogP contribution in [0.1, 0.15) is 107 Å². The second kappa shape index (κ2) is 33.0. The van der Waals surface area contributed by atoms with Gasteiger partial charge in [-0.1, -0.05) is 62.7 Å². The number of benzene rings is 4. The van der Waals surface area contributed by atoms with Crippen molar-refractivity contribution in [1.82, 2.24) is 0 Å². The third-order valence-corrected chi connectivity index (χ3v) is 11.4. The molecule has 0 radical (unpaired) electrons. The first-order chi connectivity index (χ1) is 36.9. The van der Waals surface area contributed by atoms with Gasteiger partial charge in [0.2, 0.25) is 0 Å². The predicted molar refractivity (Wildman–Crippen MR) is 294 cm³/mol. The predicted octanol–water partition coefficient (Wildman–Crippen LogP) is 12.2. The third-order valence-electron chi connectivity index (χ3n) is 11.4. The Morgan fingerprint density at radius 2 is 0.935 bits per heavy atom. The zero-order valence-electron chi connectivity index (χ0n) is 45.1. The molecule has 4 aromatic rings. The molecule has 0 bridgehead atoms. The minimum Gasteiger partial charge on any atom is -0.494 e. The van der Waals surface area contributed by atoms with Crippen LogP contribution in [0, 0.1) is 12.8 Å². The number of hydrogen-bond acceptors (Lipinski definition) is 15. The van der Waals surface area contributed by atoms with E-state index in [4.69, 9.17) is 42.6 Å². The standard InChI is InChI=1S/C62H72O15/c1-42(2)58(64)72-35-16-12-10-14-33-70-55-29-25-51(39-56(55)71-34-15-11-13-17-36-73-59(65)43(3)4)62(68)76-53-28-30-54(46(9)38-53)77-57(63)31-20-47-18-21-49(22-19-47)50-23-26-52(27-24-50)69-37-32-48(40-74-60(66)44(5)6)41-75-61(67)45(7)8/h18-31,38-39,48H,1,3,5,7,10-17,32-37,40-41H2,2,4,6,8-9H3/b31-20+. The van der Waals surface area contributed by atoms with Crippen LogP contribution in [0.2, 0.25) is 0 Å². The number of unbranched alkanes of at least 4 members (excludes halogenated alkanes) is 6. The maximum atomic E-state index is 13.4. The highest BCUT2D eigenvalue weighted by Crippen LogP contribution is 2.31. The van der Waals surface area contributed by atoms with Crippen LogP contribution in [0.4, 0.5) is 0 Å². The van der Waals surface area contributed by atoms with Gasteiger partial charge in [0, 0.05) is 34.3 Å². The van der Waals surface area contributed by atoms with Crippen LogP contribution in [0.5, 0.6) is 28.7 Å². The second-order valence-electron chi connectivity index (χ2n) is 18.5. The summed E-state index contributed by atoms with van der Waals surface area (Å²) in [5.41, 5.74) is 4.77. The summed E-state index contributed by atoms with van der Waals surface area (Å²) in [5.74, 6) is -1.27. The van der Waals surface area contributed by atoms with E-state index in [1.807, 2.05) is 48.5 Å². The smallest absolute Gasteiger partial charge is 0.343 e. The first-order valence-corrected chi connectivity index (χ1v) is 25.7. The zero-order chi connectivity index (χ0) is 56.1. The normalized spacial score (nSPS) is 10.8. The molecule has 0 aliphatic heterocycles. The van der Waals surface area contributed by atoms with Crippen molar-refractivity contribution in [2.45, 2.75) is 92.4 Å². The van der Waals surface area contributed by atoms with Gasteiger partial charge in [-0.05, 0) is 169 Å². The van der Waals surface area contributed by atoms with Crippen LogP contribution >= 0.6 is 0 Å². The molecule has 4 rings (SSSR count). The Morgan fingerprint density at radius 1 is 0.468 bits per heavy atom. The average Bonchev–Trinajstić information content (AvgIpc) is 3.40. The number of hydrogen-bond donors (Lipinski definition) is 0. The number of ether oxygens (including phenoxy) is 9. The van der Waals surface area contributed by atoms with E-state index < -0.39 is 35.8 Å². The SMILES string of the molecule is C=C(C)C(=O)OCCCCCCOc1ccc(C(=O)Oc2ccc(OC(=O)/C=C/c3ccc(-c4ccc(OCCC(COC(=O)C(=C)C)COC(=O)C(=C)C)cc4)cc3)c(C)c2)cc1OCCCCCCOC(=O)C(=C)C. The maximum absolute atomic E-state index is 13.4. The third kappa shape index (κ3) is 23.1. The molecule has 0 amide bonds. The molecule has 15 heteroatoms. The lowest BCUT2D eigenvalue weighted by molar-refractivity contribution is -0.145. The van der Waals surface area contributed by atoms with Gasteiger partial charge in [0.05, 0.1) is 51.8 Å². The summed E-state index contributed by atoms with van der Waals surface area (Å²) >= 11 is 0. The fourth-order valence-corrected chi connectivity index (χ4v) is 6.92. The van der Waals surface area contributed by atoms with E-state index in [1.165, 1.54) is 6.08 Å². The summed E-state index contributed by atoms with van der Waals surface area (Å²) in [4.78, 5) is 73.5. The van der Waals surface area contributed by atoms with E-state index in [-0.39, 0.29) is 41.6 Å². The summed E-state index contributed by atoms with van der Waals surface area (Å²) in [6.07, 6.45) is 9.75. The van der Waals surface area contributed by atoms with Gasteiger partial charge in [-0.25, -0.2) is 28.8 Å². The summed E-state index contributed by atoms with van der Waals surface area (Å²) in [6.45, 7) is 24.3. The van der Waals surface area contributed by atoms with Crippen LogP contribution < -0.4 is 23.7 Å². The van der Waals surface area contributed by atoms with Crippen molar-refractivity contribution in [3.8, 4) is 39.9 Å². The summed E-state index contributed by atoms with van der Waals surface area (Å²) < 4.78 is 50.4. The van der Waals surface area contributed by atoms with Crippen LogP contribution in [0.3, 0.4) is 0 Å². The second-order valence-corrected chi connectivity index (χ2v) is 18.5. The molecule has 0 saturated heterocycles. The van der Waals surface area contributed by atoms with Gasteiger partial charge in [-0.3, -0.25) is 0 Å². The molecule has 0 spiro atoms. The van der Waals surface area contributed by atoms with Gasteiger partial charge in [-0.2, -0.15) is 0 Å². The summed E-state index contributed by atoms with van der Waals surface area (Å²) in [6, 6.07) is 24.8. The number of carbonyl (C=O) groups excluding carboxylic acids is 6. The largest absolute Gasteiger partial charge is 0.494 e. The number of aryl methyl sites for hydroxylation is 1. The van der Waals surface area contributed by atoms with Gasteiger partial charge in [0.1, 0.15) is 17.2 Å². The van der Waals surface area contributed by atoms with Gasteiger partial charge in [0.15, 0.2) is 11.5 Å². The molecule has 0 aliphatic carbocycles. The Hall–Kier alpha value is -8.20. The fraction of sp³-hybridized carbons (Fsp3) is 0.355. The van der Waals surface area contributed by atoms with E-state index in [0.717, 1.165) is 61.6 Å². The molecule has 15 nitrogen and oxygen atoms in total. The van der Waals surface area contributed by atoms with Gasteiger partial charge in [-0.15, -0.1) is 0 Å². The first kappa shape index (κ1) is 61.3. The van der Waals surface area contributed by atoms with E-state index in [0.29, 0.717) is 85.6 Å². The molecular weight excluding hydrogens is 985 g/mol. The van der Waals surface area contributed by atoms with Crippen molar-refractivity contribution in [2.75, 3.05) is 46.2 Å². The van der Waals surface area contributed by atoms with E-state index in [1.54, 1.807) is 77.1 Å². The Balaban J connectivity index is 1.27. The summed E-state index contributed by atoms with van der Waals surface area (Å²) in [7, 11) is 0. The molecule has 0 unspecified atom stereocenters. The monoisotopic (exact) mass is 1060 g/mol. The van der Waals surface area contributed by atoms with Gasteiger partial charge >= 0.3 is 35.8 Å². The highest BCUT2D eigenvalue weighted by Gasteiger charge is 2.18. The molecule has 0 heterocycles. The van der Waals surface area contributed by atoms with Crippen molar-refractivity contribution in [3.05, 3.63) is 156 Å². The molecule has 410 valence electrons. The minimum absolute atomic E-state index is 0.0433. The highest BCUT2D eigenvalue weighted by atomic mass is 16.6. The Bertz CT molecular complexity index is 2680. The van der Waals surface area contributed by atoms with Crippen molar-refractivity contribution >= 4 is 41.9 Å². The van der Waals surface area contributed by atoms with Crippen molar-refractivity contribution < 1.29 is 71.4 Å². The van der Waals surface area contributed by atoms with E-state index in [9.17, 15) is 28.8 Å². The molecule has 0 aliphatic rings. The lowest BCUT2D eigenvalue weighted by atomic mass is 10.0. The lowest BCUT2D eigenvalue weighted by Crippen LogP contribution is -2.23. The molecular formula is C62H72O15.